The van der Waals surface area contributed by atoms with Crippen molar-refractivity contribution in [2.24, 2.45) is 0 Å². The zero-order chi connectivity index (χ0) is 17.8. The van der Waals surface area contributed by atoms with Crippen molar-refractivity contribution in [2.45, 2.75) is 0 Å². The Kier molecular flexibility index (Phi) is 4.22. The summed E-state index contributed by atoms with van der Waals surface area (Å²) >= 11 is 0. The second kappa shape index (κ2) is 6.98. The third kappa shape index (κ3) is 3.34. The van der Waals surface area contributed by atoms with E-state index < -0.39 is 0 Å². The van der Waals surface area contributed by atoms with Crippen molar-refractivity contribution < 1.29 is 13.7 Å². The summed E-state index contributed by atoms with van der Waals surface area (Å²) in [6.07, 6.45) is 1.53. The molecule has 6 heteroatoms. The van der Waals surface area contributed by atoms with Crippen LogP contribution in [0.15, 0.2) is 88.0 Å². The quantitative estimate of drug-likeness (QED) is 0.536. The lowest BCUT2D eigenvalue weighted by Crippen LogP contribution is -2.13. The van der Waals surface area contributed by atoms with Crippen LogP contribution < -0.4 is 10.6 Å². The molecule has 0 fully saturated rings. The number of furan rings is 1. The van der Waals surface area contributed by atoms with E-state index in [-0.39, 0.29) is 11.6 Å². The fraction of sp³-hybridized carbons (Fsp3) is 0. The Morgan fingerprint density at radius 1 is 0.846 bits per heavy atom. The van der Waals surface area contributed by atoms with Gasteiger partial charge in [-0.05, 0) is 36.4 Å². The molecule has 26 heavy (non-hydrogen) atoms. The maximum absolute atomic E-state index is 12.5. The minimum atomic E-state index is -0.367. The van der Waals surface area contributed by atoms with Gasteiger partial charge in [-0.3, -0.25) is 4.79 Å². The van der Waals surface area contributed by atoms with Gasteiger partial charge in [0, 0.05) is 11.8 Å². The molecule has 0 aliphatic rings. The van der Waals surface area contributed by atoms with Crippen LogP contribution in [-0.2, 0) is 0 Å². The molecule has 1 amide bonds. The predicted octanol–water partition coefficient (Wildman–Crippen LogP) is 4.93. The molecule has 0 aliphatic carbocycles. The average molecular weight is 345 g/mol. The number of nitrogens with one attached hydrogen (secondary N) is 2. The first-order chi connectivity index (χ1) is 12.8. The molecule has 0 saturated heterocycles. The van der Waals surface area contributed by atoms with E-state index in [0.717, 1.165) is 11.4 Å². The van der Waals surface area contributed by atoms with E-state index >= 15 is 0 Å². The van der Waals surface area contributed by atoms with Gasteiger partial charge in [-0.25, -0.2) is 0 Å². The molecule has 0 spiro atoms. The number of nitrogens with zero attached hydrogens (tertiary/aromatic N) is 1. The molecule has 2 aromatic carbocycles. The van der Waals surface area contributed by atoms with Crippen LogP contribution >= 0.6 is 0 Å². The lowest BCUT2D eigenvalue weighted by molar-refractivity contribution is 0.101. The summed E-state index contributed by atoms with van der Waals surface area (Å²) in [4.78, 5) is 12.5. The highest BCUT2D eigenvalue weighted by Crippen LogP contribution is 2.26. The van der Waals surface area contributed by atoms with Gasteiger partial charge < -0.3 is 19.6 Å². The fourth-order valence-corrected chi connectivity index (χ4v) is 2.48. The smallest absolute Gasteiger partial charge is 0.277 e. The van der Waals surface area contributed by atoms with E-state index in [1.54, 1.807) is 18.2 Å². The molecule has 0 atom stereocenters. The zero-order valence-corrected chi connectivity index (χ0v) is 13.7. The molecule has 4 aromatic rings. The molecule has 0 radical (unpaired) electrons. The molecule has 6 nitrogen and oxygen atoms in total. The zero-order valence-electron chi connectivity index (χ0n) is 13.7. The highest BCUT2D eigenvalue weighted by atomic mass is 16.5. The number of amides is 1. The molecule has 4 rings (SSSR count). The van der Waals surface area contributed by atoms with Crippen molar-refractivity contribution in [2.75, 3.05) is 10.6 Å². The first-order valence-electron chi connectivity index (χ1n) is 8.02. The van der Waals surface area contributed by atoms with Crippen molar-refractivity contribution in [3.63, 3.8) is 0 Å². The number of para-hydroxylation sites is 3. The Bertz CT molecular complexity index is 1010. The van der Waals surface area contributed by atoms with Crippen LogP contribution in [0, 0.1) is 0 Å². The largest absolute Gasteiger partial charge is 0.461 e. The maximum atomic E-state index is 12.5. The Hall–Kier alpha value is -3.80. The van der Waals surface area contributed by atoms with Gasteiger partial charge in [0.15, 0.2) is 11.5 Å². The van der Waals surface area contributed by atoms with E-state index in [4.69, 9.17) is 8.94 Å². The molecule has 128 valence electrons. The van der Waals surface area contributed by atoms with Crippen molar-refractivity contribution in [1.82, 2.24) is 5.16 Å². The fourth-order valence-electron chi connectivity index (χ4n) is 2.48. The second-order valence-electron chi connectivity index (χ2n) is 5.54. The van der Waals surface area contributed by atoms with Crippen molar-refractivity contribution in [3.8, 4) is 11.5 Å². The van der Waals surface area contributed by atoms with Crippen LogP contribution in [0.5, 0.6) is 0 Å². The van der Waals surface area contributed by atoms with Crippen LogP contribution in [0.25, 0.3) is 11.5 Å². The van der Waals surface area contributed by atoms with Gasteiger partial charge in [0.25, 0.3) is 5.91 Å². The lowest BCUT2D eigenvalue weighted by atomic mass is 10.2. The minimum absolute atomic E-state index is 0.172. The number of carbonyl (C=O) groups excluding carboxylic acids is 1. The summed E-state index contributed by atoms with van der Waals surface area (Å²) in [5.74, 6) is 0.549. The number of benzene rings is 2. The van der Waals surface area contributed by atoms with E-state index in [2.05, 4.69) is 15.8 Å². The molecular weight excluding hydrogens is 330 g/mol. The molecule has 2 aromatic heterocycles. The van der Waals surface area contributed by atoms with Gasteiger partial charge in [0.1, 0.15) is 0 Å². The normalized spacial score (nSPS) is 10.5. The van der Waals surface area contributed by atoms with E-state index in [0.29, 0.717) is 17.2 Å². The van der Waals surface area contributed by atoms with E-state index in [1.165, 1.54) is 6.26 Å². The first-order valence-corrected chi connectivity index (χ1v) is 8.02. The Morgan fingerprint density at radius 2 is 1.62 bits per heavy atom. The molecular formula is C20H15N3O3. The maximum Gasteiger partial charge on any atom is 0.277 e. The van der Waals surface area contributed by atoms with Gasteiger partial charge in [-0.2, -0.15) is 0 Å². The van der Waals surface area contributed by atoms with Crippen LogP contribution in [0.3, 0.4) is 0 Å². The van der Waals surface area contributed by atoms with Gasteiger partial charge in [0.2, 0.25) is 5.76 Å². The number of carbonyl (C=O) groups is 1. The first kappa shape index (κ1) is 15.7. The number of hydrogen-bond acceptors (Lipinski definition) is 5. The van der Waals surface area contributed by atoms with Gasteiger partial charge >= 0.3 is 0 Å². The SMILES string of the molecule is O=C(Nc1ccccc1Nc1ccccc1)c1cc(-c2ccco2)on1. The van der Waals surface area contributed by atoms with E-state index in [1.807, 2.05) is 54.6 Å². The predicted molar refractivity (Wildman–Crippen MR) is 98.3 cm³/mol. The Balaban J connectivity index is 1.53. The Morgan fingerprint density at radius 3 is 2.38 bits per heavy atom. The standard InChI is InChI=1S/C20H15N3O3/c24-20(17-13-19(26-23-17)18-11-6-12-25-18)22-16-10-5-4-9-15(16)21-14-7-2-1-3-8-14/h1-13,21H,(H,22,24). The number of anilines is 3. The topological polar surface area (TPSA) is 80.3 Å². The minimum Gasteiger partial charge on any atom is -0.461 e. The van der Waals surface area contributed by atoms with Crippen molar-refractivity contribution in [3.05, 3.63) is 84.8 Å². The summed E-state index contributed by atoms with van der Waals surface area (Å²) in [7, 11) is 0. The van der Waals surface area contributed by atoms with Crippen LogP contribution in [0.1, 0.15) is 10.5 Å². The number of hydrogen-bond donors (Lipinski definition) is 2. The summed E-state index contributed by atoms with van der Waals surface area (Å²) in [6, 6.07) is 22.2. The third-order valence-corrected chi connectivity index (χ3v) is 3.73. The van der Waals surface area contributed by atoms with E-state index in [9.17, 15) is 4.79 Å². The summed E-state index contributed by atoms with van der Waals surface area (Å²) in [6.45, 7) is 0. The summed E-state index contributed by atoms with van der Waals surface area (Å²) < 4.78 is 10.4. The van der Waals surface area contributed by atoms with Crippen molar-refractivity contribution >= 4 is 23.0 Å². The molecule has 2 N–H and O–H groups in total. The molecule has 0 bridgehead atoms. The average Bonchev–Trinajstić information content (AvgIpc) is 3.36. The van der Waals surface area contributed by atoms with Crippen molar-refractivity contribution in [1.29, 1.82) is 0 Å². The highest BCUT2D eigenvalue weighted by Gasteiger charge is 2.16. The number of aromatic nitrogens is 1. The van der Waals surface area contributed by atoms with Gasteiger partial charge in [0.05, 0.1) is 17.6 Å². The lowest BCUT2D eigenvalue weighted by Gasteiger charge is -2.12. The van der Waals surface area contributed by atoms with Crippen LogP contribution in [-0.4, -0.2) is 11.1 Å². The molecule has 0 unspecified atom stereocenters. The van der Waals surface area contributed by atoms with Gasteiger partial charge in [-0.15, -0.1) is 0 Å². The second-order valence-corrected chi connectivity index (χ2v) is 5.54. The molecule has 0 aliphatic heterocycles. The number of rotatable bonds is 5. The Labute approximate surface area is 149 Å². The van der Waals surface area contributed by atoms with Crippen LogP contribution in [0.4, 0.5) is 17.1 Å². The van der Waals surface area contributed by atoms with Gasteiger partial charge in [-0.1, -0.05) is 35.5 Å². The monoisotopic (exact) mass is 345 g/mol. The summed E-state index contributed by atoms with van der Waals surface area (Å²) in [5, 5.41) is 9.95. The third-order valence-electron chi connectivity index (χ3n) is 3.73. The molecule has 0 saturated carbocycles. The highest BCUT2D eigenvalue weighted by molar-refractivity contribution is 6.05. The van der Waals surface area contributed by atoms with Crippen LogP contribution in [0.2, 0.25) is 0 Å². The molecule has 2 heterocycles. The summed E-state index contributed by atoms with van der Waals surface area (Å²) in [5.41, 5.74) is 2.52.